The maximum atomic E-state index is 12.0. The SMILES string of the molecule is O=C(NCc1ccc([C@H](O)c2ccccc2)s1)c1ccc(Cl)s1. The summed E-state index contributed by atoms with van der Waals surface area (Å²) in [5.74, 6) is -0.138. The van der Waals surface area contributed by atoms with E-state index in [-0.39, 0.29) is 5.91 Å². The molecular formula is C17H14ClNO2S2. The number of aliphatic hydroxyl groups is 1. The maximum absolute atomic E-state index is 12.0. The molecule has 23 heavy (non-hydrogen) atoms. The van der Waals surface area contributed by atoms with Crippen molar-refractivity contribution in [3.8, 4) is 0 Å². The third-order valence-corrected chi connectivity index (χ3v) is 5.65. The number of hydrogen-bond donors (Lipinski definition) is 2. The molecule has 1 aromatic carbocycles. The lowest BCUT2D eigenvalue weighted by molar-refractivity contribution is 0.0955. The van der Waals surface area contributed by atoms with Gasteiger partial charge >= 0.3 is 0 Å². The summed E-state index contributed by atoms with van der Waals surface area (Å²) < 4.78 is 0.597. The minimum absolute atomic E-state index is 0.138. The molecule has 0 saturated carbocycles. The van der Waals surface area contributed by atoms with Crippen molar-refractivity contribution in [1.82, 2.24) is 5.32 Å². The van der Waals surface area contributed by atoms with E-state index < -0.39 is 6.10 Å². The highest BCUT2D eigenvalue weighted by Gasteiger charge is 2.13. The van der Waals surface area contributed by atoms with Crippen molar-refractivity contribution in [3.05, 3.63) is 79.1 Å². The van der Waals surface area contributed by atoms with Crippen LogP contribution in [0.1, 0.15) is 31.1 Å². The van der Waals surface area contributed by atoms with Gasteiger partial charge in [0.2, 0.25) is 0 Å². The standard InChI is InChI=1S/C17H14ClNO2S2/c18-15-9-8-14(23-15)17(21)19-10-12-6-7-13(22-12)16(20)11-4-2-1-3-5-11/h1-9,16,20H,10H2,(H,19,21)/t16-/m1/s1. The number of amides is 1. The van der Waals surface area contributed by atoms with E-state index in [0.29, 0.717) is 15.8 Å². The van der Waals surface area contributed by atoms with Gasteiger partial charge in [0.25, 0.3) is 5.91 Å². The lowest BCUT2D eigenvalue weighted by Crippen LogP contribution is -2.21. The molecule has 0 saturated heterocycles. The van der Waals surface area contributed by atoms with Crippen molar-refractivity contribution < 1.29 is 9.90 Å². The second-order valence-electron chi connectivity index (χ2n) is 4.90. The fraction of sp³-hybridized carbons (Fsp3) is 0.118. The van der Waals surface area contributed by atoms with Crippen LogP contribution in [-0.2, 0) is 6.54 Å². The van der Waals surface area contributed by atoms with Gasteiger partial charge in [-0.25, -0.2) is 0 Å². The lowest BCUT2D eigenvalue weighted by atomic mass is 10.1. The molecule has 0 aliphatic heterocycles. The fourth-order valence-electron chi connectivity index (χ4n) is 2.13. The van der Waals surface area contributed by atoms with Crippen molar-refractivity contribution in [2.75, 3.05) is 0 Å². The normalized spacial score (nSPS) is 12.1. The van der Waals surface area contributed by atoms with E-state index >= 15 is 0 Å². The summed E-state index contributed by atoms with van der Waals surface area (Å²) in [4.78, 5) is 14.4. The molecule has 0 spiro atoms. The van der Waals surface area contributed by atoms with Crippen LogP contribution in [0.4, 0.5) is 0 Å². The molecule has 0 radical (unpaired) electrons. The van der Waals surface area contributed by atoms with Crippen LogP contribution in [0.25, 0.3) is 0 Å². The van der Waals surface area contributed by atoms with Gasteiger partial charge in [-0.05, 0) is 29.8 Å². The highest BCUT2D eigenvalue weighted by Crippen LogP contribution is 2.28. The predicted octanol–water partition coefficient (Wildman–Crippen LogP) is 4.47. The van der Waals surface area contributed by atoms with Crippen LogP contribution in [0.5, 0.6) is 0 Å². The Morgan fingerprint density at radius 2 is 1.87 bits per heavy atom. The van der Waals surface area contributed by atoms with Gasteiger partial charge in [-0.15, -0.1) is 22.7 Å². The summed E-state index contributed by atoms with van der Waals surface area (Å²) in [7, 11) is 0. The van der Waals surface area contributed by atoms with Gasteiger partial charge < -0.3 is 10.4 Å². The zero-order valence-corrected chi connectivity index (χ0v) is 14.4. The Balaban J connectivity index is 1.62. The molecule has 6 heteroatoms. The number of aliphatic hydroxyl groups excluding tert-OH is 1. The Bertz CT molecular complexity index is 798. The Labute approximate surface area is 147 Å². The van der Waals surface area contributed by atoms with E-state index in [9.17, 15) is 9.90 Å². The number of carbonyl (C=O) groups is 1. The molecule has 0 fully saturated rings. The summed E-state index contributed by atoms with van der Waals surface area (Å²) in [6.45, 7) is 0.431. The van der Waals surface area contributed by atoms with E-state index in [2.05, 4.69) is 5.32 Å². The first-order chi connectivity index (χ1) is 11.1. The second-order valence-corrected chi connectivity index (χ2v) is 7.82. The Kier molecular flexibility index (Phi) is 5.13. The van der Waals surface area contributed by atoms with E-state index in [4.69, 9.17) is 11.6 Å². The van der Waals surface area contributed by atoms with Gasteiger partial charge in [-0.1, -0.05) is 41.9 Å². The molecule has 3 nitrogen and oxygen atoms in total. The minimum Gasteiger partial charge on any atom is -0.383 e. The number of carbonyl (C=O) groups excluding carboxylic acids is 1. The number of nitrogens with one attached hydrogen (secondary N) is 1. The van der Waals surface area contributed by atoms with Gasteiger partial charge in [0.1, 0.15) is 6.10 Å². The first kappa shape index (κ1) is 16.2. The second kappa shape index (κ2) is 7.27. The minimum atomic E-state index is -0.637. The summed E-state index contributed by atoms with van der Waals surface area (Å²) in [6.07, 6.45) is -0.637. The van der Waals surface area contributed by atoms with E-state index in [0.717, 1.165) is 15.3 Å². The number of rotatable bonds is 5. The average Bonchev–Trinajstić information content (AvgIpc) is 3.22. The van der Waals surface area contributed by atoms with Gasteiger partial charge in [-0.3, -0.25) is 4.79 Å². The van der Waals surface area contributed by atoms with Crippen molar-refractivity contribution in [3.63, 3.8) is 0 Å². The highest BCUT2D eigenvalue weighted by atomic mass is 35.5. The van der Waals surface area contributed by atoms with E-state index in [1.807, 2.05) is 42.5 Å². The van der Waals surface area contributed by atoms with Crippen LogP contribution in [-0.4, -0.2) is 11.0 Å². The largest absolute Gasteiger partial charge is 0.383 e. The Morgan fingerprint density at radius 3 is 2.57 bits per heavy atom. The topological polar surface area (TPSA) is 49.3 Å². The molecular weight excluding hydrogens is 350 g/mol. The summed E-state index contributed by atoms with van der Waals surface area (Å²) >= 11 is 8.58. The molecule has 3 rings (SSSR count). The van der Waals surface area contributed by atoms with Crippen molar-refractivity contribution in [2.45, 2.75) is 12.6 Å². The molecule has 1 amide bonds. The van der Waals surface area contributed by atoms with E-state index in [1.54, 1.807) is 12.1 Å². The summed E-state index contributed by atoms with van der Waals surface area (Å²) in [6, 6.07) is 16.8. The molecule has 1 atom stereocenters. The molecule has 0 aliphatic rings. The summed E-state index contributed by atoms with van der Waals surface area (Å²) in [5, 5.41) is 13.2. The monoisotopic (exact) mass is 363 g/mol. The van der Waals surface area contributed by atoms with Crippen LogP contribution < -0.4 is 5.32 Å². The number of benzene rings is 1. The van der Waals surface area contributed by atoms with Crippen LogP contribution in [0.3, 0.4) is 0 Å². The van der Waals surface area contributed by atoms with Gasteiger partial charge in [0.15, 0.2) is 0 Å². The molecule has 118 valence electrons. The zero-order chi connectivity index (χ0) is 16.2. The molecule has 0 unspecified atom stereocenters. The Hall–Kier alpha value is -1.66. The van der Waals surface area contributed by atoms with Gasteiger partial charge in [-0.2, -0.15) is 0 Å². The molecule has 0 bridgehead atoms. The predicted molar refractivity (Wildman–Crippen MR) is 95.3 cm³/mol. The van der Waals surface area contributed by atoms with Crippen molar-refractivity contribution in [2.24, 2.45) is 0 Å². The first-order valence-corrected chi connectivity index (χ1v) is 9.00. The smallest absolute Gasteiger partial charge is 0.261 e. The highest BCUT2D eigenvalue weighted by molar-refractivity contribution is 7.18. The van der Waals surface area contributed by atoms with Gasteiger partial charge in [0.05, 0.1) is 15.8 Å². The number of hydrogen-bond acceptors (Lipinski definition) is 4. The van der Waals surface area contributed by atoms with Crippen LogP contribution in [0, 0.1) is 0 Å². The molecule has 2 aromatic heterocycles. The molecule has 3 aromatic rings. The average molecular weight is 364 g/mol. The third-order valence-electron chi connectivity index (χ3n) is 3.29. The number of thiophene rings is 2. The summed E-state index contributed by atoms with van der Waals surface area (Å²) in [5.41, 5.74) is 0.859. The van der Waals surface area contributed by atoms with Crippen LogP contribution >= 0.6 is 34.3 Å². The third kappa shape index (κ3) is 4.00. The van der Waals surface area contributed by atoms with Crippen LogP contribution in [0.2, 0.25) is 4.34 Å². The fourth-order valence-corrected chi connectivity index (χ4v) is 4.05. The quantitative estimate of drug-likeness (QED) is 0.702. The molecule has 0 aliphatic carbocycles. The molecule has 2 N–H and O–H groups in total. The van der Waals surface area contributed by atoms with Gasteiger partial charge in [0, 0.05) is 9.75 Å². The van der Waals surface area contributed by atoms with Crippen LogP contribution in [0.15, 0.2) is 54.6 Å². The lowest BCUT2D eigenvalue weighted by Gasteiger charge is -2.08. The zero-order valence-electron chi connectivity index (χ0n) is 12.0. The molecule has 2 heterocycles. The van der Waals surface area contributed by atoms with Crippen molar-refractivity contribution >= 4 is 40.2 Å². The first-order valence-electron chi connectivity index (χ1n) is 6.98. The van der Waals surface area contributed by atoms with Crippen molar-refractivity contribution in [1.29, 1.82) is 0 Å². The Morgan fingerprint density at radius 1 is 1.09 bits per heavy atom. The maximum Gasteiger partial charge on any atom is 0.261 e. The number of halogens is 1. The van der Waals surface area contributed by atoms with E-state index in [1.165, 1.54) is 22.7 Å².